The van der Waals surface area contributed by atoms with Crippen molar-refractivity contribution in [3.63, 3.8) is 0 Å². The lowest BCUT2D eigenvalue weighted by atomic mass is 9.90. The van der Waals surface area contributed by atoms with E-state index in [9.17, 15) is 5.11 Å². The summed E-state index contributed by atoms with van der Waals surface area (Å²) >= 11 is 0. The summed E-state index contributed by atoms with van der Waals surface area (Å²) in [6, 6.07) is 5.99. The molecule has 0 amide bonds. The van der Waals surface area contributed by atoms with Gasteiger partial charge in [0, 0.05) is 31.5 Å². The lowest BCUT2D eigenvalue weighted by molar-refractivity contribution is 0.0490. The highest BCUT2D eigenvalue weighted by Crippen LogP contribution is 2.34. The summed E-state index contributed by atoms with van der Waals surface area (Å²) in [6.45, 7) is 2.73. The maximum absolute atomic E-state index is 10.6. The predicted molar refractivity (Wildman–Crippen MR) is 95.7 cm³/mol. The van der Waals surface area contributed by atoms with E-state index in [1.54, 1.807) is 20.4 Å². The van der Waals surface area contributed by atoms with Gasteiger partial charge in [0.05, 0.1) is 14.2 Å². The summed E-state index contributed by atoms with van der Waals surface area (Å²) in [4.78, 5) is 6.69. The smallest absolute Gasteiger partial charge is 0.165 e. The molecule has 1 aromatic carbocycles. The predicted octanol–water partition coefficient (Wildman–Crippen LogP) is 2.38. The van der Waals surface area contributed by atoms with Crippen LogP contribution in [0.2, 0.25) is 0 Å². The van der Waals surface area contributed by atoms with Gasteiger partial charge in [0.1, 0.15) is 11.9 Å². The maximum Gasteiger partial charge on any atom is 0.165 e. The summed E-state index contributed by atoms with van der Waals surface area (Å²) < 4.78 is 12.8. The lowest BCUT2D eigenvalue weighted by Crippen LogP contribution is -2.35. The third kappa shape index (κ3) is 3.80. The van der Waals surface area contributed by atoms with Crippen molar-refractivity contribution in [3.8, 4) is 11.5 Å². The van der Waals surface area contributed by atoms with Gasteiger partial charge in [-0.15, -0.1) is 0 Å². The molecule has 0 radical (unpaired) electrons. The number of para-hydroxylation sites is 1. The third-order valence-corrected chi connectivity index (χ3v) is 5.08. The van der Waals surface area contributed by atoms with Gasteiger partial charge in [0.15, 0.2) is 11.5 Å². The molecule has 1 saturated heterocycles. The van der Waals surface area contributed by atoms with Crippen molar-refractivity contribution in [1.82, 2.24) is 14.5 Å². The highest BCUT2D eigenvalue weighted by Gasteiger charge is 2.28. The Labute approximate surface area is 149 Å². The Hall–Kier alpha value is -2.05. The minimum absolute atomic E-state index is 0.254. The Morgan fingerprint density at radius 2 is 2.00 bits per heavy atom. The van der Waals surface area contributed by atoms with Gasteiger partial charge in [0.25, 0.3) is 0 Å². The number of methoxy groups -OCH3 is 2. The molecule has 2 heterocycles. The monoisotopic (exact) mass is 345 g/mol. The first-order valence-electron chi connectivity index (χ1n) is 8.71. The number of hydrogen-bond acceptors (Lipinski definition) is 5. The van der Waals surface area contributed by atoms with E-state index in [1.165, 1.54) is 0 Å². The second kappa shape index (κ2) is 7.89. The van der Waals surface area contributed by atoms with Crippen molar-refractivity contribution in [2.45, 2.75) is 25.5 Å². The Kier molecular flexibility index (Phi) is 5.60. The van der Waals surface area contributed by atoms with E-state index in [-0.39, 0.29) is 5.92 Å². The highest BCUT2D eigenvalue weighted by molar-refractivity contribution is 5.46. The van der Waals surface area contributed by atoms with Crippen molar-refractivity contribution >= 4 is 0 Å². The number of aryl methyl sites for hydroxylation is 1. The molecular weight excluding hydrogens is 318 g/mol. The van der Waals surface area contributed by atoms with Gasteiger partial charge in [-0.25, -0.2) is 4.98 Å². The minimum atomic E-state index is -0.492. The van der Waals surface area contributed by atoms with Crippen LogP contribution in [0.15, 0.2) is 30.6 Å². The second-order valence-electron chi connectivity index (χ2n) is 6.61. The highest BCUT2D eigenvalue weighted by atomic mass is 16.5. The molecule has 1 aliphatic rings. The largest absolute Gasteiger partial charge is 0.493 e. The van der Waals surface area contributed by atoms with Crippen LogP contribution in [0.25, 0.3) is 0 Å². The molecule has 0 bridgehead atoms. The van der Waals surface area contributed by atoms with Gasteiger partial charge in [-0.3, -0.25) is 4.90 Å². The number of aliphatic hydroxyl groups is 1. The maximum atomic E-state index is 10.6. The molecule has 25 heavy (non-hydrogen) atoms. The van der Waals surface area contributed by atoms with E-state index in [4.69, 9.17) is 9.47 Å². The van der Waals surface area contributed by atoms with Crippen LogP contribution in [0, 0.1) is 5.92 Å². The van der Waals surface area contributed by atoms with E-state index in [2.05, 4.69) is 16.0 Å². The molecule has 1 fully saturated rings. The van der Waals surface area contributed by atoms with Crippen molar-refractivity contribution < 1.29 is 14.6 Å². The molecule has 1 aliphatic heterocycles. The number of likely N-dealkylation sites (tertiary alicyclic amines) is 1. The second-order valence-corrected chi connectivity index (χ2v) is 6.61. The van der Waals surface area contributed by atoms with Gasteiger partial charge < -0.3 is 19.1 Å². The molecule has 0 saturated carbocycles. The number of aromatic nitrogens is 2. The minimum Gasteiger partial charge on any atom is -0.493 e. The van der Waals surface area contributed by atoms with Gasteiger partial charge in [-0.2, -0.15) is 0 Å². The molecule has 2 aromatic rings. The lowest BCUT2D eigenvalue weighted by Gasteiger charge is -2.34. The van der Waals surface area contributed by atoms with Crippen LogP contribution < -0.4 is 9.47 Å². The number of hydrogen-bond donors (Lipinski definition) is 1. The average Bonchev–Trinajstić information content (AvgIpc) is 3.07. The number of nitrogens with zero attached hydrogens (tertiary/aromatic N) is 3. The van der Waals surface area contributed by atoms with E-state index in [0.29, 0.717) is 0 Å². The quantitative estimate of drug-likeness (QED) is 0.871. The van der Waals surface area contributed by atoms with E-state index >= 15 is 0 Å². The zero-order valence-electron chi connectivity index (χ0n) is 15.2. The fourth-order valence-electron chi connectivity index (χ4n) is 3.62. The zero-order chi connectivity index (χ0) is 17.8. The van der Waals surface area contributed by atoms with Gasteiger partial charge in [0.2, 0.25) is 0 Å². The molecule has 136 valence electrons. The molecule has 1 atom stereocenters. The fourth-order valence-corrected chi connectivity index (χ4v) is 3.62. The number of ether oxygens (including phenoxy) is 2. The standard InChI is InChI=1S/C19H27N3O3/c1-21-12-9-20-19(21)17(23)14-7-10-22(11-8-14)13-15-5-4-6-16(24-2)18(15)25-3/h4-6,9,12,14,17,23H,7-8,10-11,13H2,1-3H3. The van der Waals surface area contributed by atoms with Gasteiger partial charge >= 0.3 is 0 Å². The van der Waals surface area contributed by atoms with Gasteiger partial charge in [-0.05, 0) is 37.9 Å². The van der Waals surface area contributed by atoms with Crippen molar-refractivity contribution in [3.05, 3.63) is 42.0 Å². The molecule has 1 unspecified atom stereocenters. The van der Waals surface area contributed by atoms with Gasteiger partial charge in [-0.1, -0.05) is 12.1 Å². The molecular formula is C19H27N3O3. The molecule has 6 nitrogen and oxygen atoms in total. The molecule has 0 aliphatic carbocycles. The molecule has 0 spiro atoms. The van der Waals surface area contributed by atoms with Crippen molar-refractivity contribution in [2.24, 2.45) is 13.0 Å². The number of aliphatic hydroxyl groups excluding tert-OH is 1. The number of rotatable bonds is 6. The van der Waals surface area contributed by atoms with Crippen LogP contribution in [-0.4, -0.2) is 46.9 Å². The van der Waals surface area contributed by atoms with E-state index < -0.39 is 6.10 Å². The van der Waals surface area contributed by atoms with Crippen LogP contribution in [0.5, 0.6) is 11.5 Å². The molecule has 6 heteroatoms. The zero-order valence-corrected chi connectivity index (χ0v) is 15.2. The Morgan fingerprint density at radius 3 is 2.60 bits per heavy atom. The fraction of sp³-hybridized carbons (Fsp3) is 0.526. The first-order chi connectivity index (χ1) is 12.1. The first-order valence-corrected chi connectivity index (χ1v) is 8.71. The van der Waals surface area contributed by atoms with Crippen LogP contribution in [-0.2, 0) is 13.6 Å². The van der Waals surface area contributed by atoms with Crippen LogP contribution in [0.3, 0.4) is 0 Å². The van der Waals surface area contributed by atoms with Crippen molar-refractivity contribution in [1.29, 1.82) is 0 Å². The SMILES string of the molecule is COc1cccc(CN2CCC(C(O)c3nccn3C)CC2)c1OC. The topological polar surface area (TPSA) is 59.8 Å². The third-order valence-electron chi connectivity index (χ3n) is 5.08. The summed E-state index contributed by atoms with van der Waals surface area (Å²) in [5.41, 5.74) is 1.13. The molecule has 3 rings (SSSR count). The average molecular weight is 345 g/mol. The number of piperidine rings is 1. The van der Waals surface area contributed by atoms with E-state index in [0.717, 1.165) is 55.4 Å². The number of benzene rings is 1. The normalized spacial score (nSPS) is 17.4. The van der Waals surface area contributed by atoms with Crippen LogP contribution in [0.4, 0.5) is 0 Å². The summed E-state index contributed by atoms with van der Waals surface area (Å²) in [5, 5.41) is 10.6. The summed E-state index contributed by atoms with van der Waals surface area (Å²) in [6.07, 6.45) is 5.04. The Morgan fingerprint density at radius 1 is 1.24 bits per heavy atom. The first kappa shape index (κ1) is 17.8. The number of imidazole rings is 1. The van der Waals surface area contributed by atoms with E-state index in [1.807, 2.05) is 29.9 Å². The van der Waals surface area contributed by atoms with Crippen LogP contribution in [0.1, 0.15) is 30.3 Å². The Bertz CT molecular complexity index is 693. The van der Waals surface area contributed by atoms with Crippen molar-refractivity contribution in [2.75, 3.05) is 27.3 Å². The summed E-state index contributed by atoms with van der Waals surface area (Å²) in [5.74, 6) is 2.58. The molecule has 1 aromatic heterocycles. The Balaban J connectivity index is 1.61. The summed E-state index contributed by atoms with van der Waals surface area (Å²) in [7, 11) is 5.26. The van der Waals surface area contributed by atoms with Crippen LogP contribution >= 0.6 is 0 Å². The molecule has 1 N–H and O–H groups in total.